The van der Waals surface area contributed by atoms with Gasteiger partial charge in [-0.15, -0.1) is 0 Å². The quantitative estimate of drug-likeness (QED) is 0.687. The Balaban J connectivity index is 1.89. The van der Waals surface area contributed by atoms with E-state index in [1.54, 1.807) is 7.11 Å². The second kappa shape index (κ2) is 7.55. The third-order valence-electron chi connectivity index (χ3n) is 3.90. The summed E-state index contributed by atoms with van der Waals surface area (Å²) in [5.41, 5.74) is 7.15. The second-order valence-electron chi connectivity index (χ2n) is 5.64. The molecule has 1 aliphatic heterocycles. The molecule has 0 amide bonds. The number of nitrogens with two attached hydrogens (primary N) is 1. The number of guanidine groups is 1. The summed E-state index contributed by atoms with van der Waals surface area (Å²) in [4.78, 5) is 6.68. The lowest BCUT2D eigenvalue weighted by atomic mass is 10.0. The molecule has 0 aromatic heterocycles. The molecule has 0 spiro atoms. The maximum Gasteiger partial charge on any atom is 0.191 e. The fourth-order valence-electron chi connectivity index (χ4n) is 2.65. The lowest BCUT2D eigenvalue weighted by molar-refractivity contribution is 0.270. The van der Waals surface area contributed by atoms with Crippen LogP contribution in [-0.2, 0) is 6.42 Å². The van der Waals surface area contributed by atoms with Crippen LogP contribution in [0.4, 0.5) is 0 Å². The number of hydrogen-bond donors (Lipinski definition) is 1. The summed E-state index contributed by atoms with van der Waals surface area (Å²) in [6.07, 6.45) is 3.26. The summed E-state index contributed by atoms with van der Waals surface area (Å²) in [5.74, 6) is 2.13. The van der Waals surface area contributed by atoms with Crippen molar-refractivity contribution in [3.05, 3.63) is 28.8 Å². The van der Waals surface area contributed by atoms with E-state index in [9.17, 15) is 0 Å². The van der Waals surface area contributed by atoms with Crippen molar-refractivity contribution in [2.75, 3.05) is 26.7 Å². The fraction of sp³-hybridized carbons (Fsp3) is 0.562. The van der Waals surface area contributed by atoms with Gasteiger partial charge in [-0.25, -0.2) is 0 Å². The Labute approximate surface area is 131 Å². The smallest absolute Gasteiger partial charge is 0.191 e. The molecule has 21 heavy (non-hydrogen) atoms. The third-order valence-corrected chi connectivity index (χ3v) is 4.25. The molecule has 2 rings (SSSR count). The van der Waals surface area contributed by atoms with Gasteiger partial charge in [0.1, 0.15) is 5.75 Å². The van der Waals surface area contributed by atoms with Crippen LogP contribution in [0.3, 0.4) is 0 Å². The summed E-state index contributed by atoms with van der Waals surface area (Å²) < 4.78 is 5.14. The third kappa shape index (κ3) is 4.53. The van der Waals surface area contributed by atoms with Crippen LogP contribution in [0.5, 0.6) is 5.75 Å². The molecule has 0 saturated carbocycles. The van der Waals surface area contributed by atoms with Crippen LogP contribution in [0.25, 0.3) is 0 Å². The van der Waals surface area contributed by atoms with Crippen molar-refractivity contribution in [3.8, 4) is 5.75 Å². The van der Waals surface area contributed by atoms with Crippen molar-refractivity contribution in [3.63, 3.8) is 0 Å². The molecule has 1 aromatic rings. The highest BCUT2D eigenvalue weighted by Crippen LogP contribution is 2.22. The van der Waals surface area contributed by atoms with Crippen molar-refractivity contribution in [2.45, 2.75) is 26.2 Å². The summed E-state index contributed by atoms with van der Waals surface area (Å²) in [5, 5.41) is 0.717. The zero-order chi connectivity index (χ0) is 15.2. The van der Waals surface area contributed by atoms with Gasteiger partial charge in [-0.05, 0) is 42.9 Å². The maximum absolute atomic E-state index is 6.22. The number of hydrogen-bond acceptors (Lipinski definition) is 2. The number of nitrogens with zero attached hydrogens (tertiary/aromatic N) is 2. The minimum atomic E-state index is 0.656. The van der Waals surface area contributed by atoms with Crippen molar-refractivity contribution in [2.24, 2.45) is 16.6 Å². The van der Waals surface area contributed by atoms with Gasteiger partial charge in [0, 0.05) is 24.7 Å². The van der Waals surface area contributed by atoms with E-state index in [2.05, 4.69) is 16.8 Å². The summed E-state index contributed by atoms with van der Waals surface area (Å²) in [6, 6.07) is 5.73. The van der Waals surface area contributed by atoms with Crippen molar-refractivity contribution >= 4 is 17.6 Å². The predicted octanol–water partition coefficient (Wildman–Crippen LogP) is 2.94. The molecule has 1 atom stereocenters. The number of methoxy groups -OCH3 is 1. The second-order valence-corrected chi connectivity index (χ2v) is 6.05. The van der Waals surface area contributed by atoms with Gasteiger partial charge in [0.15, 0.2) is 5.96 Å². The Hall–Kier alpha value is -1.42. The highest BCUT2D eigenvalue weighted by Gasteiger charge is 2.17. The van der Waals surface area contributed by atoms with Gasteiger partial charge in [0.2, 0.25) is 0 Å². The van der Waals surface area contributed by atoms with E-state index in [4.69, 9.17) is 22.1 Å². The standard InChI is InChI=1S/C16H24ClN3O/c1-12-4-3-9-20(11-12)16(18)19-8-7-13-5-6-14(21-2)10-15(13)17/h5-6,10,12H,3-4,7-9,11H2,1-2H3,(H2,18,19). The molecule has 1 aromatic carbocycles. The normalized spacial score (nSPS) is 19.7. The summed E-state index contributed by atoms with van der Waals surface area (Å²) >= 11 is 6.22. The fourth-order valence-corrected chi connectivity index (χ4v) is 2.91. The van der Waals surface area contributed by atoms with Crippen LogP contribution in [0, 0.1) is 5.92 Å². The molecule has 1 aliphatic rings. The van der Waals surface area contributed by atoms with Gasteiger partial charge in [-0.2, -0.15) is 0 Å². The lowest BCUT2D eigenvalue weighted by Gasteiger charge is -2.31. The van der Waals surface area contributed by atoms with Gasteiger partial charge in [-0.1, -0.05) is 24.6 Å². The molecule has 0 aliphatic carbocycles. The minimum Gasteiger partial charge on any atom is -0.497 e. The Morgan fingerprint density at radius 3 is 3.00 bits per heavy atom. The van der Waals surface area contributed by atoms with Crippen LogP contribution >= 0.6 is 11.6 Å². The molecular formula is C16H24ClN3O. The molecule has 1 heterocycles. The molecule has 0 radical (unpaired) electrons. The van der Waals surface area contributed by atoms with E-state index in [1.165, 1.54) is 12.8 Å². The average molecular weight is 310 g/mol. The number of ether oxygens (including phenoxy) is 1. The van der Waals surface area contributed by atoms with Crippen LogP contribution in [0.1, 0.15) is 25.3 Å². The number of halogens is 1. The largest absolute Gasteiger partial charge is 0.497 e. The first kappa shape index (κ1) is 16.0. The van der Waals surface area contributed by atoms with Crippen molar-refractivity contribution < 1.29 is 4.74 Å². The Morgan fingerprint density at radius 2 is 2.33 bits per heavy atom. The molecule has 1 saturated heterocycles. The van der Waals surface area contributed by atoms with E-state index >= 15 is 0 Å². The lowest BCUT2D eigenvalue weighted by Crippen LogP contribution is -2.43. The average Bonchev–Trinajstić information content (AvgIpc) is 2.48. The Morgan fingerprint density at radius 1 is 1.52 bits per heavy atom. The summed E-state index contributed by atoms with van der Waals surface area (Å²) in [7, 11) is 1.63. The molecule has 1 unspecified atom stereocenters. The Bertz CT molecular complexity index is 504. The number of benzene rings is 1. The molecule has 116 valence electrons. The van der Waals surface area contributed by atoms with Gasteiger partial charge in [0.25, 0.3) is 0 Å². The van der Waals surface area contributed by atoms with Crippen LogP contribution in [0.15, 0.2) is 23.2 Å². The first-order valence-corrected chi connectivity index (χ1v) is 7.85. The molecule has 5 heteroatoms. The van der Waals surface area contributed by atoms with E-state index in [-0.39, 0.29) is 0 Å². The summed E-state index contributed by atoms with van der Waals surface area (Å²) in [6.45, 7) is 4.95. The van der Waals surface area contributed by atoms with Crippen LogP contribution in [-0.4, -0.2) is 37.6 Å². The van der Waals surface area contributed by atoms with Crippen LogP contribution < -0.4 is 10.5 Å². The van der Waals surface area contributed by atoms with Crippen LogP contribution in [0.2, 0.25) is 5.02 Å². The molecule has 4 nitrogen and oxygen atoms in total. The zero-order valence-corrected chi connectivity index (χ0v) is 13.6. The molecular weight excluding hydrogens is 286 g/mol. The van der Waals surface area contributed by atoms with Gasteiger partial charge < -0.3 is 15.4 Å². The van der Waals surface area contributed by atoms with Crippen molar-refractivity contribution in [1.82, 2.24) is 4.90 Å². The topological polar surface area (TPSA) is 50.9 Å². The first-order valence-electron chi connectivity index (χ1n) is 7.47. The highest BCUT2D eigenvalue weighted by atomic mass is 35.5. The van der Waals surface area contributed by atoms with Gasteiger partial charge in [0.05, 0.1) is 7.11 Å². The van der Waals surface area contributed by atoms with Gasteiger partial charge >= 0.3 is 0 Å². The van der Waals surface area contributed by atoms with Crippen molar-refractivity contribution in [1.29, 1.82) is 0 Å². The Kier molecular flexibility index (Phi) is 5.74. The highest BCUT2D eigenvalue weighted by molar-refractivity contribution is 6.31. The van der Waals surface area contributed by atoms with Gasteiger partial charge in [-0.3, -0.25) is 4.99 Å². The minimum absolute atomic E-state index is 0.656. The monoisotopic (exact) mass is 309 g/mol. The number of likely N-dealkylation sites (tertiary alicyclic amines) is 1. The number of piperidine rings is 1. The van der Waals surface area contributed by atoms with E-state index in [1.807, 2.05) is 18.2 Å². The predicted molar refractivity (Wildman–Crippen MR) is 88.2 cm³/mol. The van der Waals surface area contributed by atoms with E-state index < -0.39 is 0 Å². The molecule has 0 bridgehead atoms. The molecule has 2 N–H and O–H groups in total. The van der Waals surface area contributed by atoms with E-state index in [0.29, 0.717) is 18.4 Å². The number of rotatable bonds is 4. The number of aliphatic imine (C=N–C) groups is 1. The van der Waals surface area contributed by atoms with E-state index in [0.717, 1.165) is 35.8 Å². The first-order chi connectivity index (χ1) is 10.1. The SMILES string of the molecule is COc1ccc(CCN=C(N)N2CCCC(C)C2)c(Cl)c1. The maximum atomic E-state index is 6.22. The zero-order valence-electron chi connectivity index (χ0n) is 12.8. The molecule has 1 fully saturated rings.